The summed E-state index contributed by atoms with van der Waals surface area (Å²) < 4.78 is 5.70. The van der Waals surface area contributed by atoms with Crippen LogP contribution in [0.2, 0.25) is 0 Å². The van der Waals surface area contributed by atoms with Crippen LogP contribution in [-0.2, 0) is 4.79 Å². The molecule has 1 aromatic carbocycles. The lowest BCUT2D eigenvalue weighted by atomic mass is 9.85. The van der Waals surface area contributed by atoms with Crippen molar-refractivity contribution in [2.45, 2.75) is 40.0 Å². The Morgan fingerprint density at radius 3 is 2.53 bits per heavy atom. The highest BCUT2D eigenvalue weighted by Crippen LogP contribution is 2.30. The Bertz CT molecular complexity index is 412. The number of aliphatic carboxylic acids is 1. The van der Waals surface area contributed by atoms with Gasteiger partial charge in [0.2, 0.25) is 0 Å². The molecule has 0 bridgehead atoms. The van der Waals surface area contributed by atoms with E-state index in [0.717, 1.165) is 17.7 Å². The lowest BCUT2D eigenvalue weighted by Crippen LogP contribution is -2.18. The zero-order valence-electron chi connectivity index (χ0n) is 12.2. The Labute approximate surface area is 115 Å². The summed E-state index contributed by atoms with van der Waals surface area (Å²) in [4.78, 5) is 11.1. The molecule has 0 aliphatic rings. The summed E-state index contributed by atoms with van der Waals surface area (Å²) in [7, 11) is 0. The summed E-state index contributed by atoms with van der Waals surface area (Å²) in [5.41, 5.74) is 1.04. The topological polar surface area (TPSA) is 46.5 Å². The molecular formula is C16H24O3. The molecule has 19 heavy (non-hydrogen) atoms. The largest absolute Gasteiger partial charge is 0.493 e. The number of hydrogen-bond donors (Lipinski definition) is 1. The van der Waals surface area contributed by atoms with Crippen LogP contribution in [0.25, 0.3) is 0 Å². The van der Waals surface area contributed by atoms with Crippen molar-refractivity contribution >= 4 is 5.97 Å². The average molecular weight is 264 g/mol. The van der Waals surface area contributed by atoms with Crippen LogP contribution >= 0.6 is 0 Å². The number of carbonyl (C=O) groups is 1. The van der Waals surface area contributed by atoms with Crippen molar-refractivity contribution in [1.29, 1.82) is 0 Å². The summed E-state index contributed by atoms with van der Waals surface area (Å²) in [5, 5.41) is 9.16. The molecule has 0 spiro atoms. The van der Waals surface area contributed by atoms with E-state index in [2.05, 4.69) is 13.8 Å². The van der Waals surface area contributed by atoms with E-state index in [1.54, 1.807) is 6.92 Å². The van der Waals surface area contributed by atoms with Crippen molar-refractivity contribution in [3.05, 3.63) is 29.8 Å². The van der Waals surface area contributed by atoms with Gasteiger partial charge < -0.3 is 9.84 Å². The highest BCUT2D eigenvalue weighted by molar-refractivity contribution is 5.71. The number of benzene rings is 1. The van der Waals surface area contributed by atoms with E-state index < -0.39 is 5.97 Å². The zero-order chi connectivity index (χ0) is 14.4. The maximum Gasteiger partial charge on any atom is 0.306 e. The van der Waals surface area contributed by atoms with Gasteiger partial charge in [0.15, 0.2) is 0 Å². The highest BCUT2D eigenvalue weighted by Gasteiger charge is 2.23. The summed E-state index contributed by atoms with van der Waals surface area (Å²) in [6.07, 6.45) is 0.807. The van der Waals surface area contributed by atoms with Gasteiger partial charge >= 0.3 is 5.97 Å². The fourth-order valence-electron chi connectivity index (χ4n) is 2.15. The summed E-state index contributed by atoms with van der Waals surface area (Å²) in [6.45, 7) is 8.66. The van der Waals surface area contributed by atoms with E-state index in [1.807, 2.05) is 31.2 Å². The van der Waals surface area contributed by atoms with E-state index in [-0.39, 0.29) is 11.8 Å². The second-order valence-corrected chi connectivity index (χ2v) is 5.42. The van der Waals surface area contributed by atoms with E-state index in [0.29, 0.717) is 12.5 Å². The smallest absolute Gasteiger partial charge is 0.306 e. The Balaban J connectivity index is 2.86. The fourth-order valence-corrected chi connectivity index (χ4v) is 2.15. The van der Waals surface area contributed by atoms with Crippen LogP contribution < -0.4 is 4.74 Å². The number of carboxylic acid groups (broad SMARTS) is 1. The molecule has 2 atom stereocenters. The normalized spacial score (nSPS) is 14.2. The van der Waals surface area contributed by atoms with E-state index in [9.17, 15) is 4.79 Å². The number of rotatable bonds is 7. The van der Waals surface area contributed by atoms with Gasteiger partial charge in [0.25, 0.3) is 0 Å². The predicted octanol–water partition coefficient (Wildman–Crippen LogP) is 3.94. The van der Waals surface area contributed by atoms with Gasteiger partial charge in [-0.25, -0.2) is 0 Å². The molecule has 0 unspecified atom stereocenters. The van der Waals surface area contributed by atoms with Crippen LogP contribution in [0.1, 0.15) is 45.6 Å². The molecule has 0 aromatic heterocycles. The second kappa shape index (κ2) is 7.17. The molecule has 0 aliphatic carbocycles. The molecular weight excluding hydrogens is 240 g/mol. The van der Waals surface area contributed by atoms with Gasteiger partial charge in [0, 0.05) is 0 Å². The quantitative estimate of drug-likeness (QED) is 0.811. The average Bonchev–Trinajstić information content (AvgIpc) is 2.37. The van der Waals surface area contributed by atoms with Gasteiger partial charge in [-0.05, 0) is 36.0 Å². The Morgan fingerprint density at radius 2 is 2.00 bits per heavy atom. The Morgan fingerprint density at radius 1 is 1.32 bits per heavy atom. The summed E-state index contributed by atoms with van der Waals surface area (Å²) >= 11 is 0. The molecule has 0 aliphatic heterocycles. The highest BCUT2D eigenvalue weighted by atomic mass is 16.5. The minimum atomic E-state index is -0.750. The van der Waals surface area contributed by atoms with Crippen LogP contribution in [0, 0.1) is 11.8 Å². The number of carboxylic acids is 1. The lowest BCUT2D eigenvalue weighted by Gasteiger charge is -2.20. The first-order valence-corrected chi connectivity index (χ1v) is 6.91. The van der Waals surface area contributed by atoms with Gasteiger partial charge in [0.05, 0.1) is 12.5 Å². The molecule has 0 radical (unpaired) electrons. The van der Waals surface area contributed by atoms with E-state index >= 15 is 0 Å². The molecule has 3 nitrogen and oxygen atoms in total. The van der Waals surface area contributed by atoms with Gasteiger partial charge in [-0.1, -0.05) is 39.8 Å². The first kappa shape index (κ1) is 15.5. The predicted molar refractivity (Wildman–Crippen MR) is 76.6 cm³/mol. The van der Waals surface area contributed by atoms with Crippen LogP contribution in [0.3, 0.4) is 0 Å². The molecule has 1 aromatic rings. The van der Waals surface area contributed by atoms with E-state index in [1.165, 1.54) is 0 Å². The number of ether oxygens (including phenoxy) is 1. The van der Waals surface area contributed by atoms with Crippen molar-refractivity contribution in [1.82, 2.24) is 0 Å². The maximum absolute atomic E-state index is 11.1. The molecule has 0 amide bonds. The van der Waals surface area contributed by atoms with Crippen molar-refractivity contribution in [3.63, 3.8) is 0 Å². The van der Waals surface area contributed by atoms with Crippen molar-refractivity contribution in [2.75, 3.05) is 6.61 Å². The van der Waals surface area contributed by atoms with Crippen LogP contribution in [0.4, 0.5) is 0 Å². The first-order chi connectivity index (χ1) is 8.95. The summed E-state index contributed by atoms with van der Waals surface area (Å²) in [5.74, 6) is 0.191. The van der Waals surface area contributed by atoms with Crippen LogP contribution in [0.15, 0.2) is 24.3 Å². The Kier molecular flexibility index (Phi) is 5.87. The molecule has 0 saturated heterocycles. The fraction of sp³-hybridized carbons (Fsp3) is 0.562. The zero-order valence-corrected chi connectivity index (χ0v) is 12.2. The maximum atomic E-state index is 11.1. The minimum Gasteiger partial charge on any atom is -0.493 e. The second-order valence-electron chi connectivity index (χ2n) is 5.42. The van der Waals surface area contributed by atoms with Crippen molar-refractivity contribution < 1.29 is 14.6 Å². The van der Waals surface area contributed by atoms with Crippen molar-refractivity contribution in [3.8, 4) is 5.75 Å². The van der Waals surface area contributed by atoms with Gasteiger partial charge in [-0.15, -0.1) is 0 Å². The van der Waals surface area contributed by atoms with Crippen LogP contribution in [0.5, 0.6) is 5.75 Å². The van der Waals surface area contributed by atoms with Gasteiger partial charge in [0.1, 0.15) is 5.75 Å². The SMILES string of the molecule is CC[C@@H](c1cccc(OCC(C)C)c1)[C@H](C)C(=O)O. The molecule has 3 heteroatoms. The molecule has 106 valence electrons. The van der Waals surface area contributed by atoms with E-state index in [4.69, 9.17) is 9.84 Å². The summed E-state index contributed by atoms with van der Waals surface area (Å²) in [6, 6.07) is 7.80. The first-order valence-electron chi connectivity index (χ1n) is 6.91. The lowest BCUT2D eigenvalue weighted by molar-refractivity contribution is -0.141. The molecule has 1 N–H and O–H groups in total. The minimum absolute atomic E-state index is 0.0279. The Hall–Kier alpha value is -1.51. The monoisotopic (exact) mass is 264 g/mol. The van der Waals surface area contributed by atoms with Gasteiger partial charge in [-0.2, -0.15) is 0 Å². The molecule has 0 saturated carbocycles. The molecule has 0 heterocycles. The third-order valence-corrected chi connectivity index (χ3v) is 3.30. The standard InChI is InChI=1S/C16H24O3/c1-5-15(12(4)16(17)18)13-7-6-8-14(9-13)19-10-11(2)3/h6-9,11-12,15H,5,10H2,1-4H3,(H,17,18)/t12-,15+/m0/s1. The molecule has 1 rings (SSSR count). The van der Waals surface area contributed by atoms with Crippen LogP contribution in [-0.4, -0.2) is 17.7 Å². The molecule has 0 fully saturated rings. The number of hydrogen-bond acceptors (Lipinski definition) is 2. The van der Waals surface area contributed by atoms with Gasteiger partial charge in [-0.3, -0.25) is 4.79 Å². The third kappa shape index (κ3) is 4.58. The third-order valence-electron chi connectivity index (χ3n) is 3.30. The van der Waals surface area contributed by atoms with Crippen molar-refractivity contribution in [2.24, 2.45) is 11.8 Å².